The van der Waals surface area contributed by atoms with Crippen molar-refractivity contribution in [1.29, 1.82) is 0 Å². The largest absolute Gasteiger partial charge is 0.504 e. The predicted molar refractivity (Wildman–Crippen MR) is 86.8 cm³/mol. The Morgan fingerprint density at radius 1 is 1.14 bits per heavy atom. The molecule has 3 nitrogen and oxygen atoms in total. The molecule has 2 aliphatic rings. The quantitative estimate of drug-likeness (QED) is 0.878. The van der Waals surface area contributed by atoms with Crippen LogP contribution in [-0.2, 0) is 12.8 Å². The molecule has 1 aliphatic carbocycles. The van der Waals surface area contributed by atoms with Gasteiger partial charge in [0.1, 0.15) is 0 Å². The lowest BCUT2D eigenvalue weighted by Gasteiger charge is -2.27. The number of phenolic OH excluding ortho intramolecular Hbond substituents is 1. The van der Waals surface area contributed by atoms with Gasteiger partial charge in [-0.1, -0.05) is 24.3 Å². The van der Waals surface area contributed by atoms with E-state index in [1.807, 2.05) is 12.1 Å². The van der Waals surface area contributed by atoms with E-state index in [4.69, 9.17) is 4.74 Å². The van der Waals surface area contributed by atoms with E-state index in [9.17, 15) is 5.11 Å². The number of phenols is 1. The number of benzene rings is 2. The summed E-state index contributed by atoms with van der Waals surface area (Å²) in [4.78, 5) is 2.47. The van der Waals surface area contributed by atoms with Crippen molar-refractivity contribution in [1.82, 2.24) is 4.90 Å². The zero-order chi connectivity index (χ0) is 15.3. The van der Waals surface area contributed by atoms with Gasteiger partial charge in [-0.15, -0.1) is 0 Å². The second-order valence-corrected chi connectivity index (χ2v) is 6.40. The second-order valence-electron chi connectivity index (χ2n) is 6.40. The molecule has 1 heterocycles. The van der Waals surface area contributed by atoms with Crippen LogP contribution in [0.15, 0.2) is 36.4 Å². The Balaban J connectivity index is 1.92. The van der Waals surface area contributed by atoms with Gasteiger partial charge in [-0.3, -0.25) is 0 Å². The number of hydrogen-bond donors (Lipinski definition) is 1. The van der Waals surface area contributed by atoms with Gasteiger partial charge in [-0.05, 0) is 54.3 Å². The average Bonchev–Trinajstić information content (AvgIpc) is 2.86. The summed E-state index contributed by atoms with van der Waals surface area (Å²) >= 11 is 0. The van der Waals surface area contributed by atoms with Gasteiger partial charge < -0.3 is 14.7 Å². The monoisotopic (exact) mass is 295 g/mol. The highest BCUT2D eigenvalue weighted by molar-refractivity contribution is 5.54. The summed E-state index contributed by atoms with van der Waals surface area (Å²) in [5, 5.41) is 10.3. The lowest BCUT2D eigenvalue weighted by atomic mass is 9.87. The molecule has 2 atom stereocenters. The summed E-state index contributed by atoms with van der Waals surface area (Å²) < 4.78 is 5.30. The molecule has 22 heavy (non-hydrogen) atoms. The van der Waals surface area contributed by atoms with Crippen LogP contribution >= 0.6 is 0 Å². The van der Waals surface area contributed by atoms with E-state index < -0.39 is 0 Å². The topological polar surface area (TPSA) is 32.7 Å². The van der Waals surface area contributed by atoms with Crippen LogP contribution < -0.4 is 4.74 Å². The van der Waals surface area contributed by atoms with E-state index in [1.54, 1.807) is 7.11 Å². The standard InChI is InChI=1S/C19H21NO2/c1-20-8-7-13-10-18(22-2)17(21)11-15(13)19-14-6-4-3-5-12(14)9-16(19)20/h3-6,10-11,16,19,21H,7-9H2,1-2H3/t16-,19+/m0/s1. The number of methoxy groups -OCH3 is 1. The van der Waals surface area contributed by atoms with Crippen molar-refractivity contribution in [2.45, 2.75) is 24.8 Å². The lowest BCUT2D eigenvalue weighted by Crippen LogP contribution is -2.34. The molecule has 1 N–H and O–H groups in total. The number of fused-ring (bicyclic) bond motifs is 5. The summed E-state index contributed by atoms with van der Waals surface area (Å²) in [6.45, 7) is 1.04. The van der Waals surface area contributed by atoms with Crippen LogP contribution in [0.1, 0.15) is 28.2 Å². The normalized spacial score (nSPS) is 23.4. The SMILES string of the molecule is COc1cc2c(cc1O)[C@H]1c3ccccc3C[C@@H]1N(C)CC2. The van der Waals surface area contributed by atoms with Crippen LogP contribution in [0.5, 0.6) is 11.5 Å². The average molecular weight is 295 g/mol. The van der Waals surface area contributed by atoms with Crippen molar-refractivity contribution in [3.63, 3.8) is 0 Å². The molecule has 0 amide bonds. The minimum absolute atomic E-state index is 0.244. The summed E-state index contributed by atoms with van der Waals surface area (Å²) in [5.74, 6) is 1.16. The number of nitrogens with zero attached hydrogens (tertiary/aromatic N) is 1. The van der Waals surface area contributed by atoms with Crippen molar-refractivity contribution in [3.05, 3.63) is 58.7 Å². The van der Waals surface area contributed by atoms with Crippen molar-refractivity contribution in [2.75, 3.05) is 20.7 Å². The zero-order valence-corrected chi connectivity index (χ0v) is 13.0. The molecule has 2 aromatic carbocycles. The van der Waals surface area contributed by atoms with Crippen LogP contribution in [-0.4, -0.2) is 36.8 Å². The molecule has 0 saturated carbocycles. The van der Waals surface area contributed by atoms with Crippen molar-refractivity contribution in [3.8, 4) is 11.5 Å². The first-order valence-corrected chi connectivity index (χ1v) is 7.87. The molecular formula is C19H21NO2. The van der Waals surface area contributed by atoms with E-state index in [1.165, 1.54) is 22.3 Å². The summed E-state index contributed by atoms with van der Waals surface area (Å²) in [5.41, 5.74) is 5.41. The number of hydrogen-bond acceptors (Lipinski definition) is 3. The molecule has 0 aromatic heterocycles. The van der Waals surface area contributed by atoms with E-state index in [2.05, 4.69) is 36.2 Å². The highest BCUT2D eigenvalue weighted by atomic mass is 16.5. The van der Waals surface area contributed by atoms with Gasteiger partial charge in [0.25, 0.3) is 0 Å². The van der Waals surface area contributed by atoms with E-state index in [0.29, 0.717) is 17.7 Å². The summed E-state index contributed by atoms with van der Waals surface area (Å²) in [6, 6.07) is 13.1. The first kappa shape index (κ1) is 13.6. The summed E-state index contributed by atoms with van der Waals surface area (Å²) in [6.07, 6.45) is 2.08. The van der Waals surface area contributed by atoms with Crippen LogP contribution in [0.2, 0.25) is 0 Å². The Morgan fingerprint density at radius 2 is 1.95 bits per heavy atom. The Kier molecular flexibility index (Phi) is 3.12. The molecule has 4 rings (SSSR count). The Bertz CT molecular complexity index is 725. The van der Waals surface area contributed by atoms with Crippen molar-refractivity contribution < 1.29 is 9.84 Å². The third-order valence-corrected chi connectivity index (χ3v) is 5.28. The van der Waals surface area contributed by atoms with Gasteiger partial charge in [-0.25, -0.2) is 0 Å². The van der Waals surface area contributed by atoms with Crippen LogP contribution in [0, 0.1) is 0 Å². The molecular weight excluding hydrogens is 274 g/mol. The molecule has 114 valence electrons. The van der Waals surface area contributed by atoms with Gasteiger partial charge >= 0.3 is 0 Å². The zero-order valence-electron chi connectivity index (χ0n) is 13.0. The minimum Gasteiger partial charge on any atom is -0.504 e. The Labute approximate surface area is 131 Å². The molecule has 0 radical (unpaired) electrons. The fraction of sp³-hybridized carbons (Fsp3) is 0.368. The molecule has 1 aliphatic heterocycles. The highest BCUT2D eigenvalue weighted by Gasteiger charge is 2.38. The molecule has 0 spiro atoms. The van der Waals surface area contributed by atoms with E-state index >= 15 is 0 Å². The molecule has 2 aromatic rings. The maximum atomic E-state index is 10.3. The number of likely N-dealkylation sites (N-methyl/N-ethyl adjacent to an activating group) is 1. The van der Waals surface area contributed by atoms with Crippen molar-refractivity contribution in [2.24, 2.45) is 0 Å². The maximum Gasteiger partial charge on any atom is 0.160 e. The van der Waals surface area contributed by atoms with E-state index in [0.717, 1.165) is 19.4 Å². The van der Waals surface area contributed by atoms with Gasteiger partial charge in [0.2, 0.25) is 0 Å². The first-order chi connectivity index (χ1) is 10.7. The molecule has 3 heteroatoms. The molecule has 0 unspecified atom stereocenters. The van der Waals surface area contributed by atoms with Crippen LogP contribution in [0.25, 0.3) is 0 Å². The molecule has 0 fully saturated rings. The number of aromatic hydroxyl groups is 1. The Hall–Kier alpha value is -2.00. The smallest absolute Gasteiger partial charge is 0.160 e. The second kappa shape index (κ2) is 5.03. The van der Waals surface area contributed by atoms with Gasteiger partial charge in [0, 0.05) is 18.5 Å². The predicted octanol–water partition coefficient (Wildman–Crippen LogP) is 2.95. The van der Waals surface area contributed by atoms with Crippen LogP contribution in [0.4, 0.5) is 0 Å². The van der Waals surface area contributed by atoms with Gasteiger partial charge in [0.05, 0.1) is 7.11 Å². The number of ether oxygens (including phenoxy) is 1. The third-order valence-electron chi connectivity index (χ3n) is 5.28. The van der Waals surface area contributed by atoms with Gasteiger partial charge in [0.15, 0.2) is 11.5 Å². The Morgan fingerprint density at radius 3 is 2.77 bits per heavy atom. The fourth-order valence-corrected chi connectivity index (χ4v) is 4.12. The van der Waals surface area contributed by atoms with Crippen LogP contribution in [0.3, 0.4) is 0 Å². The highest BCUT2D eigenvalue weighted by Crippen LogP contribution is 2.45. The molecule has 0 bridgehead atoms. The fourth-order valence-electron chi connectivity index (χ4n) is 4.12. The molecule has 0 saturated heterocycles. The third kappa shape index (κ3) is 1.92. The first-order valence-electron chi connectivity index (χ1n) is 7.87. The van der Waals surface area contributed by atoms with Crippen molar-refractivity contribution >= 4 is 0 Å². The maximum absolute atomic E-state index is 10.3. The summed E-state index contributed by atoms with van der Waals surface area (Å²) in [7, 11) is 3.82. The lowest BCUT2D eigenvalue weighted by molar-refractivity contribution is 0.244. The van der Waals surface area contributed by atoms with Gasteiger partial charge in [-0.2, -0.15) is 0 Å². The number of rotatable bonds is 1. The minimum atomic E-state index is 0.244. The van der Waals surface area contributed by atoms with E-state index in [-0.39, 0.29) is 5.75 Å².